The molecule has 0 saturated carbocycles. The summed E-state index contributed by atoms with van der Waals surface area (Å²) in [5.74, 6) is -0.106. The first-order valence-electron chi connectivity index (χ1n) is 9.00. The van der Waals surface area contributed by atoms with Crippen LogP contribution in [0.2, 0.25) is 0 Å². The molecule has 144 valence electrons. The molecular weight excluding hydrogens is 354 g/mol. The molecule has 1 N–H and O–H groups in total. The Hall–Kier alpha value is -3.32. The van der Waals surface area contributed by atoms with Gasteiger partial charge in [-0.05, 0) is 62.9 Å². The van der Waals surface area contributed by atoms with E-state index >= 15 is 0 Å². The Bertz CT molecular complexity index is 934. The molecule has 3 aromatic rings. The summed E-state index contributed by atoms with van der Waals surface area (Å²) in [4.78, 5) is 29.6. The Morgan fingerprint density at radius 3 is 2.36 bits per heavy atom. The van der Waals surface area contributed by atoms with Gasteiger partial charge < -0.3 is 5.32 Å². The number of nitrogens with zero attached hydrogens (tertiary/aromatic N) is 4. The second kappa shape index (κ2) is 8.58. The van der Waals surface area contributed by atoms with Crippen LogP contribution in [0.25, 0.3) is 5.69 Å². The van der Waals surface area contributed by atoms with Gasteiger partial charge in [-0.2, -0.15) is 5.10 Å². The molecule has 0 aliphatic carbocycles. The Labute approximate surface area is 164 Å². The van der Waals surface area contributed by atoms with Crippen molar-refractivity contribution >= 4 is 17.4 Å². The summed E-state index contributed by atoms with van der Waals surface area (Å²) in [6, 6.07) is 15.0. The number of hydrogen-bond acceptors (Lipinski definition) is 5. The zero-order valence-corrected chi connectivity index (χ0v) is 16.2. The van der Waals surface area contributed by atoms with Gasteiger partial charge in [0, 0.05) is 17.3 Å². The number of nitrogens with one attached hydrogen (secondary N) is 1. The number of aromatic nitrogens is 3. The molecule has 28 heavy (non-hydrogen) atoms. The van der Waals surface area contributed by atoms with E-state index in [0.29, 0.717) is 11.3 Å². The zero-order valence-electron chi connectivity index (χ0n) is 16.2. The highest BCUT2D eigenvalue weighted by Gasteiger charge is 2.15. The molecule has 1 atom stereocenters. The smallest absolute Gasteiger partial charge is 0.238 e. The molecule has 0 aliphatic rings. The molecule has 0 fully saturated rings. The lowest BCUT2D eigenvalue weighted by atomic mass is 10.1. The quantitative estimate of drug-likeness (QED) is 0.640. The Morgan fingerprint density at radius 2 is 1.79 bits per heavy atom. The van der Waals surface area contributed by atoms with Gasteiger partial charge in [0.15, 0.2) is 5.78 Å². The number of carbonyl (C=O) groups is 2. The average molecular weight is 377 g/mol. The minimum absolute atomic E-state index is 0.00118. The summed E-state index contributed by atoms with van der Waals surface area (Å²) >= 11 is 0. The van der Waals surface area contributed by atoms with Crippen molar-refractivity contribution in [1.29, 1.82) is 0 Å². The molecule has 1 amide bonds. The van der Waals surface area contributed by atoms with Gasteiger partial charge in [0.05, 0.1) is 12.2 Å². The maximum Gasteiger partial charge on any atom is 0.238 e. The summed E-state index contributed by atoms with van der Waals surface area (Å²) < 4.78 is 1.70. The fraction of sp³-hybridized carbons (Fsp3) is 0.238. The largest absolute Gasteiger partial charge is 0.325 e. The number of likely N-dealkylation sites (N-methyl/N-ethyl adjacent to an activating group) is 1. The van der Waals surface area contributed by atoms with Crippen molar-refractivity contribution in [3.05, 3.63) is 72.3 Å². The molecule has 7 heteroatoms. The summed E-state index contributed by atoms with van der Waals surface area (Å²) in [6.07, 6.45) is 3.15. The molecule has 0 radical (unpaired) electrons. The lowest BCUT2D eigenvalue weighted by molar-refractivity contribution is -0.117. The van der Waals surface area contributed by atoms with E-state index in [1.54, 1.807) is 35.3 Å². The van der Waals surface area contributed by atoms with Crippen LogP contribution in [-0.4, -0.2) is 44.9 Å². The molecular formula is C21H23N5O2. The minimum atomic E-state index is -0.107. The van der Waals surface area contributed by atoms with Crippen molar-refractivity contribution in [2.45, 2.75) is 19.9 Å². The van der Waals surface area contributed by atoms with Crippen LogP contribution in [0, 0.1) is 0 Å². The maximum absolute atomic E-state index is 12.3. The highest BCUT2D eigenvalue weighted by atomic mass is 16.2. The normalized spacial score (nSPS) is 12.0. The highest BCUT2D eigenvalue weighted by Crippen LogP contribution is 2.20. The first-order chi connectivity index (χ1) is 13.4. The van der Waals surface area contributed by atoms with Crippen LogP contribution in [0.5, 0.6) is 0 Å². The number of ketones is 1. The van der Waals surface area contributed by atoms with Gasteiger partial charge in [-0.1, -0.05) is 12.1 Å². The van der Waals surface area contributed by atoms with Gasteiger partial charge in [-0.25, -0.2) is 9.67 Å². The van der Waals surface area contributed by atoms with Crippen molar-refractivity contribution < 1.29 is 9.59 Å². The summed E-state index contributed by atoms with van der Waals surface area (Å²) in [5.41, 5.74) is 3.33. The first-order valence-corrected chi connectivity index (χ1v) is 9.00. The van der Waals surface area contributed by atoms with Crippen molar-refractivity contribution in [2.24, 2.45) is 0 Å². The van der Waals surface area contributed by atoms with Crippen LogP contribution >= 0.6 is 0 Å². The summed E-state index contributed by atoms with van der Waals surface area (Å²) in [5, 5.41) is 6.98. The number of rotatable bonds is 7. The number of hydrogen-bond donors (Lipinski definition) is 1. The zero-order chi connectivity index (χ0) is 20.1. The second-order valence-corrected chi connectivity index (χ2v) is 6.70. The molecule has 0 bridgehead atoms. The predicted molar refractivity (Wildman–Crippen MR) is 107 cm³/mol. The van der Waals surface area contributed by atoms with E-state index in [-0.39, 0.29) is 24.3 Å². The maximum atomic E-state index is 12.3. The number of anilines is 1. The van der Waals surface area contributed by atoms with Gasteiger partial charge >= 0.3 is 0 Å². The lowest BCUT2D eigenvalue weighted by Crippen LogP contribution is -2.32. The Balaban J connectivity index is 1.57. The molecule has 0 saturated heterocycles. The second-order valence-electron chi connectivity index (χ2n) is 6.70. The standard InChI is InChI=1S/C21H23N5O2/c1-15(17-6-10-20(11-7-17)26-14-22-13-23-26)25(3)12-21(28)24-19-8-4-18(5-9-19)16(2)27/h4-11,13-15H,12H2,1-3H3,(H,24,28)/t15-/m0/s1. The van der Waals surface area contributed by atoms with Gasteiger partial charge in [-0.15, -0.1) is 0 Å². The SMILES string of the molecule is CC(=O)c1ccc(NC(=O)CN(C)[C@@H](C)c2ccc(-n3cncn3)cc2)cc1. The molecule has 0 unspecified atom stereocenters. The average Bonchev–Trinajstić information content (AvgIpc) is 3.22. The fourth-order valence-electron chi connectivity index (χ4n) is 2.85. The monoisotopic (exact) mass is 377 g/mol. The molecule has 0 aliphatic heterocycles. The van der Waals surface area contributed by atoms with Gasteiger partial charge in [0.25, 0.3) is 0 Å². The van der Waals surface area contributed by atoms with Crippen molar-refractivity contribution in [3.63, 3.8) is 0 Å². The third kappa shape index (κ3) is 4.69. The number of amides is 1. The van der Waals surface area contributed by atoms with E-state index in [1.165, 1.54) is 13.3 Å². The van der Waals surface area contributed by atoms with Crippen LogP contribution in [0.1, 0.15) is 35.8 Å². The Morgan fingerprint density at radius 1 is 1.11 bits per heavy atom. The van der Waals surface area contributed by atoms with Crippen molar-refractivity contribution in [1.82, 2.24) is 19.7 Å². The fourth-order valence-corrected chi connectivity index (χ4v) is 2.85. The molecule has 0 spiro atoms. The molecule has 1 aromatic heterocycles. The Kier molecular flexibility index (Phi) is 5.96. The van der Waals surface area contributed by atoms with Crippen molar-refractivity contribution in [3.8, 4) is 5.69 Å². The number of benzene rings is 2. The molecule has 2 aromatic carbocycles. The van der Waals surface area contributed by atoms with E-state index < -0.39 is 0 Å². The summed E-state index contributed by atoms with van der Waals surface area (Å²) in [6.45, 7) is 3.82. The number of Topliss-reactive ketones (excluding diaryl/α,β-unsaturated/α-hetero) is 1. The van der Waals surface area contributed by atoms with Crippen LogP contribution in [0.15, 0.2) is 61.2 Å². The van der Waals surface area contributed by atoms with E-state index in [4.69, 9.17) is 0 Å². The predicted octanol–water partition coefficient (Wildman–Crippen LogP) is 3.10. The van der Waals surface area contributed by atoms with E-state index in [1.807, 2.05) is 36.2 Å². The van der Waals surface area contributed by atoms with Crippen LogP contribution in [-0.2, 0) is 4.79 Å². The van der Waals surface area contributed by atoms with Crippen LogP contribution < -0.4 is 5.32 Å². The first kappa shape index (κ1) is 19.4. The third-order valence-electron chi connectivity index (χ3n) is 4.69. The molecule has 1 heterocycles. The number of carbonyl (C=O) groups excluding carboxylic acids is 2. The topological polar surface area (TPSA) is 80.1 Å². The van der Waals surface area contributed by atoms with E-state index in [0.717, 1.165) is 11.3 Å². The van der Waals surface area contributed by atoms with Gasteiger partial charge in [0.1, 0.15) is 12.7 Å². The lowest BCUT2D eigenvalue weighted by Gasteiger charge is -2.24. The van der Waals surface area contributed by atoms with E-state index in [2.05, 4.69) is 22.3 Å². The summed E-state index contributed by atoms with van der Waals surface area (Å²) in [7, 11) is 1.91. The van der Waals surface area contributed by atoms with E-state index in [9.17, 15) is 9.59 Å². The molecule has 3 rings (SSSR count). The van der Waals surface area contributed by atoms with Crippen LogP contribution in [0.4, 0.5) is 5.69 Å². The highest BCUT2D eigenvalue weighted by molar-refractivity contribution is 5.96. The van der Waals surface area contributed by atoms with Crippen LogP contribution in [0.3, 0.4) is 0 Å². The minimum Gasteiger partial charge on any atom is -0.325 e. The third-order valence-corrected chi connectivity index (χ3v) is 4.69. The molecule has 7 nitrogen and oxygen atoms in total. The van der Waals surface area contributed by atoms with Crippen molar-refractivity contribution in [2.75, 3.05) is 18.9 Å². The van der Waals surface area contributed by atoms with Gasteiger partial charge in [-0.3, -0.25) is 14.5 Å². The van der Waals surface area contributed by atoms with Gasteiger partial charge in [0.2, 0.25) is 5.91 Å².